The third-order valence-corrected chi connectivity index (χ3v) is 3.85. The number of anilines is 2. The van der Waals surface area contributed by atoms with Crippen molar-refractivity contribution in [2.24, 2.45) is 0 Å². The number of hydrogen-bond donors (Lipinski definition) is 2. The van der Waals surface area contributed by atoms with Gasteiger partial charge in [0.1, 0.15) is 6.54 Å². The molecule has 2 aromatic carbocycles. The zero-order valence-corrected chi connectivity index (χ0v) is 13.9. The minimum absolute atomic E-state index is 0.270. The molecule has 0 atom stereocenters. The molecule has 0 aliphatic carbocycles. The summed E-state index contributed by atoms with van der Waals surface area (Å²) >= 11 is 0. The Balaban J connectivity index is 1.81. The van der Waals surface area contributed by atoms with Crippen molar-refractivity contribution >= 4 is 28.1 Å². The van der Waals surface area contributed by atoms with Gasteiger partial charge in [0.15, 0.2) is 0 Å². The average Bonchev–Trinajstić information content (AvgIpc) is 2.60. The molecular weight excluding hydrogens is 320 g/mol. The van der Waals surface area contributed by atoms with Gasteiger partial charge < -0.3 is 10.2 Å². The van der Waals surface area contributed by atoms with Gasteiger partial charge in [-0.1, -0.05) is 12.1 Å². The monoisotopic (exact) mass is 338 g/mol. The van der Waals surface area contributed by atoms with Crippen molar-refractivity contribution in [1.29, 1.82) is 0 Å². The fourth-order valence-electron chi connectivity index (χ4n) is 2.54. The molecule has 0 saturated carbocycles. The SMILES string of the molecule is CN(C)c1ccc(NC(=O)Cn2[nH]c(=O)c3ccccc3c2=O)cc1. The van der Waals surface area contributed by atoms with Crippen molar-refractivity contribution in [2.75, 3.05) is 24.3 Å². The van der Waals surface area contributed by atoms with Gasteiger partial charge in [-0.15, -0.1) is 0 Å². The summed E-state index contributed by atoms with van der Waals surface area (Å²) in [7, 11) is 3.85. The molecule has 7 nitrogen and oxygen atoms in total. The van der Waals surface area contributed by atoms with Crippen LogP contribution in [-0.4, -0.2) is 29.8 Å². The van der Waals surface area contributed by atoms with Gasteiger partial charge in [0.2, 0.25) is 5.91 Å². The Hall–Kier alpha value is -3.35. The van der Waals surface area contributed by atoms with Crippen molar-refractivity contribution in [1.82, 2.24) is 9.78 Å². The topological polar surface area (TPSA) is 87.2 Å². The van der Waals surface area contributed by atoms with Crippen LogP contribution >= 0.6 is 0 Å². The molecule has 3 aromatic rings. The molecule has 0 radical (unpaired) electrons. The number of rotatable bonds is 4. The van der Waals surface area contributed by atoms with E-state index in [-0.39, 0.29) is 11.9 Å². The first-order valence-corrected chi connectivity index (χ1v) is 7.75. The van der Waals surface area contributed by atoms with Crippen LogP contribution in [0.5, 0.6) is 0 Å². The van der Waals surface area contributed by atoms with Crippen LogP contribution in [0.25, 0.3) is 10.8 Å². The Labute approximate surface area is 143 Å². The molecule has 0 spiro atoms. The van der Waals surface area contributed by atoms with E-state index in [2.05, 4.69) is 10.4 Å². The third kappa shape index (κ3) is 3.45. The Kier molecular flexibility index (Phi) is 4.38. The Morgan fingerprint density at radius 2 is 1.68 bits per heavy atom. The van der Waals surface area contributed by atoms with E-state index in [1.807, 2.05) is 31.1 Å². The van der Waals surface area contributed by atoms with E-state index >= 15 is 0 Å². The number of nitrogens with one attached hydrogen (secondary N) is 2. The first-order valence-electron chi connectivity index (χ1n) is 7.75. The van der Waals surface area contributed by atoms with Gasteiger partial charge in [-0.3, -0.25) is 19.5 Å². The molecule has 1 amide bonds. The van der Waals surface area contributed by atoms with Crippen molar-refractivity contribution in [3.63, 3.8) is 0 Å². The second-order valence-electron chi connectivity index (χ2n) is 5.87. The smallest absolute Gasteiger partial charge is 0.273 e. The highest BCUT2D eigenvalue weighted by atomic mass is 16.2. The van der Waals surface area contributed by atoms with Gasteiger partial charge in [0, 0.05) is 25.5 Å². The number of amides is 1. The fraction of sp³-hybridized carbons (Fsp3) is 0.167. The molecule has 3 rings (SSSR count). The maximum atomic E-state index is 12.4. The standard InChI is InChI=1S/C18H18N4O3/c1-21(2)13-9-7-12(8-10-13)19-16(23)11-22-18(25)15-6-4-3-5-14(15)17(24)20-22/h3-10H,11H2,1-2H3,(H,19,23)(H,20,24). The zero-order chi connectivity index (χ0) is 18.0. The van der Waals surface area contributed by atoms with E-state index in [0.29, 0.717) is 11.1 Å². The molecule has 0 bridgehead atoms. The highest BCUT2D eigenvalue weighted by Gasteiger charge is 2.10. The summed E-state index contributed by atoms with van der Waals surface area (Å²) in [5, 5.41) is 5.75. The lowest BCUT2D eigenvalue weighted by Crippen LogP contribution is -2.34. The Morgan fingerprint density at radius 3 is 2.32 bits per heavy atom. The van der Waals surface area contributed by atoms with Crippen LogP contribution in [0.15, 0.2) is 58.1 Å². The van der Waals surface area contributed by atoms with Gasteiger partial charge >= 0.3 is 0 Å². The average molecular weight is 338 g/mol. The summed E-state index contributed by atoms with van der Waals surface area (Å²) in [6, 6.07) is 13.8. The van der Waals surface area contributed by atoms with E-state index < -0.39 is 17.0 Å². The maximum absolute atomic E-state index is 12.4. The lowest BCUT2D eigenvalue weighted by atomic mass is 10.2. The number of carbonyl (C=O) groups excluding carboxylic acids is 1. The van der Waals surface area contributed by atoms with Crippen LogP contribution in [0.3, 0.4) is 0 Å². The van der Waals surface area contributed by atoms with Crippen LogP contribution in [-0.2, 0) is 11.3 Å². The summed E-state index contributed by atoms with van der Waals surface area (Å²) < 4.78 is 1.02. The van der Waals surface area contributed by atoms with E-state index in [1.54, 1.807) is 36.4 Å². The molecular formula is C18H18N4O3. The number of fused-ring (bicyclic) bond motifs is 1. The number of nitrogens with zero attached hydrogens (tertiary/aromatic N) is 2. The van der Waals surface area contributed by atoms with Crippen molar-refractivity contribution in [3.8, 4) is 0 Å². The maximum Gasteiger partial charge on any atom is 0.273 e. The lowest BCUT2D eigenvalue weighted by Gasteiger charge is -2.13. The van der Waals surface area contributed by atoms with Gasteiger partial charge in [0.05, 0.1) is 10.8 Å². The number of aromatic nitrogens is 2. The van der Waals surface area contributed by atoms with Gasteiger partial charge in [-0.05, 0) is 36.4 Å². The van der Waals surface area contributed by atoms with E-state index in [1.165, 1.54) is 0 Å². The first kappa shape index (κ1) is 16.5. The molecule has 2 N–H and O–H groups in total. The molecule has 0 unspecified atom stereocenters. The quantitative estimate of drug-likeness (QED) is 0.753. The summed E-state index contributed by atoms with van der Waals surface area (Å²) in [6.45, 7) is -0.270. The number of carbonyl (C=O) groups is 1. The van der Waals surface area contributed by atoms with Gasteiger partial charge in [-0.25, -0.2) is 4.68 Å². The second-order valence-corrected chi connectivity index (χ2v) is 5.87. The van der Waals surface area contributed by atoms with Gasteiger partial charge in [0.25, 0.3) is 11.1 Å². The van der Waals surface area contributed by atoms with E-state index in [4.69, 9.17) is 0 Å². The van der Waals surface area contributed by atoms with Gasteiger partial charge in [-0.2, -0.15) is 0 Å². The molecule has 7 heteroatoms. The third-order valence-electron chi connectivity index (χ3n) is 3.85. The van der Waals surface area contributed by atoms with E-state index in [9.17, 15) is 14.4 Å². The summed E-state index contributed by atoms with van der Waals surface area (Å²) in [5.74, 6) is -0.398. The molecule has 1 aromatic heterocycles. The zero-order valence-electron chi connectivity index (χ0n) is 13.9. The van der Waals surface area contributed by atoms with Crippen LogP contribution < -0.4 is 21.3 Å². The molecule has 1 heterocycles. The summed E-state index contributed by atoms with van der Waals surface area (Å²) in [6.07, 6.45) is 0. The normalized spacial score (nSPS) is 10.6. The number of H-pyrrole nitrogens is 1. The predicted octanol–water partition coefficient (Wildman–Crippen LogP) is 1.39. The minimum Gasteiger partial charge on any atom is -0.378 e. The lowest BCUT2D eigenvalue weighted by molar-refractivity contribution is -0.117. The summed E-state index contributed by atoms with van der Waals surface area (Å²) in [4.78, 5) is 38.6. The largest absolute Gasteiger partial charge is 0.378 e. The van der Waals surface area contributed by atoms with Crippen LogP contribution in [0.4, 0.5) is 11.4 Å². The Morgan fingerprint density at radius 1 is 1.04 bits per heavy atom. The van der Waals surface area contributed by atoms with Crippen LogP contribution in [0.1, 0.15) is 0 Å². The number of benzene rings is 2. The fourth-order valence-corrected chi connectivity index (χ4v) is 2.54. The van der Waals surface area contributed by atoms with Crippen molar-refractivity contribution < 1.29 is 4.79 Å². The molecule has 25 heavy (non-hydrogen) atoms. The van der Waals surface area contributed by atoms with Crippen molar-refractivity contribution in [3.05, 3.63) is 69.2 Å². The molecule has 128 valence electrons. The first-order chi connectivity index (χ1) is 12.0. The molecule has 0 aliphatic rings. The molecule has 0 saturated heterocycles. The molecule has 0 fully saturated rings. The predicted molar refractivity (Wildman–Crippen MR) is 98.2 cm³/mol. The van der Waals surface area contributed by atoms with Crippen LogP contribution in [0.2, 0.25) is 0 Å². The highest BCUT2D eigenvalue weighted by molar-refractivity contribution is 5.91. The van der Waals surface area contributed by atoms with Crippen LogP contribution in [0, 0.1) is 0 Å². The highest BCUT2D eigenvalue weighted by Crippen LogP contribution is 2.15. The minimum atomic E-state index is -0.409. The number of aromatic amines is 1. The molecule has 0 aliphatic heterocycles. The second kappa shape index (κ2) is 6.64. The van der Waals surface area contributed by atoms with Crippen molar-refractivity contribution in [2.45, 2.75) is 6.54 Å². The number of hydrogen-bond acceptors (Lipinski definition) is 4. The Bertz CT molecular complexity index is 1030. The summed E-state index contributed by atoms with van der Waals surface area (Å²) in [5.41, 5.74) is 0.812. The van der Waals surface area contributed by atoms with E-state index in [0.717, 1.165) is 10.4 Å².